The zero-order valence-electron chi connectivity index (χ0n) is 19.5. The summed E-state index contributed by atoms with van der Waals surface area (Å²) in [5.41, 5.74) is 4.79. The molecule has 6 nitrogen and oxygen atoms in total. The molecule has 0 bridgehead atoms. The van der Waals surface area contributed by atoms with E-state index in [0.717, 1.165) is 61.0 Å². The van der Waals surface area contributed by atoms with Gasteiger partial charge in [-0.15, -0.1) is 0 Å². The number of hydrogen-bond acceptors (Lipinski definition) is 4. The minimum Gasteiger partial charge on any atom is -0.394 e. The van der Waals surface area contributed by atoms with Crippen molar-refractivity contribution in [2.24, 2.45) is 11.8 Å². The number of nitrogens with one attached hydrogen (secondary N) is 1. The van der Waals surface area contributed by atoms with Gasteiger partial charge in [-0.1, -0.05) is 31.0 Å². The number of carbonyl (C=O) groups is 2. The van der Waals surface area contributed by atoms with Crippen LogP contribution in [0.15, 0.2) is 42.5 Å². The van der Waals surface area contributed by atoms with Crippen LogP contribution < -0.4 is 5.32 Å². The summed E-state index contributed by atoms with van der Waals surface area (Å²) in [5, 5.41) is 13.6. The Kier molecular flexibility index (Phi) is 5.87. The van der Waals surface area contributed by atoms with Crippen LogP contribution in [0.3, 0.4) is 0 Å². The molecule has 2 heterocycles. The van der Waals surface area contributed by atoms with Crippen LogP contribution in [0.4, 0.5) is 5.69 Å². The zero-order valence-corrected chi connectivity index (χ0v) is 19.5. The topological polar surface area (TPSA) is 72.9 Å². The van der Waals surface area contributed by atoms with Gasteiger partial charge in [0.15, 0.2) is 0 Å². The van der Waals surface area contributed by atoms with E-state index < -0.39 is 0 Å². The zero-order chi connectivity index (χ0) is 23.1. The molecule has 3 atom stereocenters. The van der Waals surface area contributed by atoms with Crippen LogP contribution >= 0.6 is 0 Å². The molecule has 2 amide bonds. The van der Waals surface area contributed by atoms with Crippen molar-refractivity contribution in [1.82, 2.24) is 9.80 Å². The Hall–Kier alpha value is -2.86. The summed E-state index contributed by atoms with van der Waals surface area (Å²) >= 11 is 0. The lowest BCUT2D eigenvalue weighted by atomic mass is 9.82. The van der Waals surface area contributed by atoms with Crippen LogP contribution in [-0.2, 0) is 4.79 Å². The van der Waals surface area contributed by atoms with Gasteiger partial charge in [0, 0.05) is 43.7 Å². The Bertz CT molecular complexity index is 1060. The number of hydrogen-bond donors (Lipinski definition) is 2. The molecule has 0 radical (unpaired) electrons. The van der Waals surface area contributed by atoms with Gasteiger partial charge in [0.2, 0.25) is 5.91 Å². The summed E-state index contributed by atoms with van der Waals surface area (Å²) in [6.45, 7) is 0.807. The molecule has 1 aliphatic carbocycles. The lowest BCUT2D eigenvalue weighted by Crippen LogP contribution is -2.44. The maximum absolute atomic E-state index is 13.4. The molecule has 6 heteroatoms. The van der Waals surface area contributed by atoms with Crippen molar-refractivity contribution in [3.8, 4) is 11.1 Å². The molecule has 5 rings (SSSR count). The molecule has 174 valence electrons. The molecule has 2 fully saturated rings. The molecular formula is C27H33N3O3. The fraction of sp³-hybridized carbons (Fsp3) is 0.481. The van der Waals surface area contributed by atoms with E-state index >= 15 is 0 Å². The van der Waals surface area contributed by atoms with E-state index in [9.17, 15) is 14.7 Å². The first-order chi connectivity index (χ1) is 16.0. The second-order valence-corrected chi connectivity index (χ2v) is 9.93. The number of likely N-dealkylation sites (tertiary alicyclic amines) is 1. The van der Waals surface area contributed by atoms with Crippen molar-refractivity contribution >= 4 is 17.5 Å². The van der Waals surface area contributed by atoms with E-state index in [4.69, 9.17) is 0 Å². The summed E-state index contributed by atoms with van der Waals surface area (Å²) < 4.78 is 0. The van der Waals surface area contributed by atoms with Crippen molar-refractivity contribution in [1.29, 1.82) is 0 Å². The van der Waals surface area contributed by atoms with Crippen molar-refractivity contribution in [3.63, 3.8) is 0 Å². The second kappa shape index (κ2) is 8.82. The van der Waals surface area contributed by atoms with E-state index in [0.29, 0.717) is 5.56 Å². The number of rotatable bonds is 4. The van der Waals surface area contributed by atoms with Gasteiger partial charge in [-0.25, -0.2) is 0 Å². The predicted molar refractivity (Wildman–Crippen MR) is 129 cm³/mol. The summed E-state index contributed by atoms with van der Waals surface area (Å²) in [6, 6.07) is 13.9. The highest BCUT2D eigenvalue weighted by atomic mass is 16.3. The second-order valence-electron chi connectivity index (χ2n) is 9.93. The van der Waals surface area contributed by atoms with E-state index in [1.54, 1.807) is 19.0 Å². The normalized spacial score (nSPS) is 24.2. The third-order valence-corrected chi connectivity index (χ3v) is 7.71. The third kappa shape index (κ3) is 3.90. The maximum Gasteiger partial charge on any atom is 0.253 e. The summed E-state index contributed by atoms with van der Waals surface area (Å²) in [6.07, 6.45) is 5.17. The molecule has 2 aromatic rings. The monoisotopic (exact) mass is 447 g/mol. The van der Waals surface area contributed by atoms with E-state index in [1.165, 1.54) is 0 Å². The van der Waals surface area contributed by atoms with Crippen LogP contribution in [0, 0.1) is 11.8 Å². The summed E-state index contributed by atoms with van der Waals surface area (Å²) in [7, 11) is 3.51. The average molecular weight is 448 g/mol. The molecule has 2 aromatic carbocycles. The van der Waals surface area contributed by atoms with Gasteiger partial charge >= 0.3 is 0 Å². The first-order valence-electron chi connectivity index (χ1n) is 12.1. The Labute approximate surface area is 195 Å². The molecule has 0 aromatic heterocycles. The van der Waals surface area contributed by atoms with Gasteiger partial charge in [0.25, 0.3) is 5.91 Å². The minimum absolute atomic E-state index is 0.0157. The maximum atomic E-state index is 13.4. The number of aliphatic hydroxyl groups is 1. The number of anilines is 1. The number of benzene rings is 2. The number of aliphatic hydroxyl groups excluding tert-OH is 1. The van der Waals surface area contributed by atoms with Gasteiger partial charge in [0.1, 0.15) is 0 Å². The van der Waals surface area contributed by atoms with Crippen molar-refractivity contribution in [3.05, 3.63) is 53.6 Å². The van der Waals surface area contributed by atoms with Gasteiger partial charge < -0.3 is 20.2 Å². The molecule has 1 saturated carbocycles. The molecule has 0 spiro atoms. The lowest BCUT2D eigenvalue weighted by molar-refractivity contribution is -0.136. The highest BCUT2D eigenvalue weighted by Gasteiger charge is 2.47. The molecule has 2 N–H and O–H groups in total. The van der Waals surface area contributed by atoms with Crippen molar-refractivity contribution in [2.75, 3.05) is 32.6 Å². The first-order valence-corrected chi connectivity index (χ1v) is 12.1. The molecule has 2 aliphatic heterocycles. The van der Waals surface area contributed by atoms with Crippen molar-refractivity contribution < 1.29 is 14.7 Å². The van der Waals surface area contributed by atoms with E-state index in [2.05, 4.69) is 28.4 Å². The SMILES string of the molecule is CN(C)C(=O)c1cccc(-c2ccc3c(c2)[C@@H]2[C@@H](CCN2C(=O)C2CCCC2)[C@@H](CO)N3)c1. The van der Waals surface area contributed by atoms with E-state index in [1.807, 2.05) is 24.3 Å². The standard InChI is InChI=1S/C27H33N3O3/c1-29(2)26(32)20-9-5-8-18(14-20)19-10-11-23-22(15-19)25-21(24(16-31)28-23)12-13-30(25)27(33)17-6-3-4-7-17/h5,8-11,14-15,17,21,24-25,28,31H,3-4,6-7,12-13,16H2,1-2H3/t21-,24+,25-/m0/s1. The number of amides is 2. The highest BCUT2D eigenvalue weighted by molar-refractivity contribution is 5.95. The van der Waals surface area contributed by atoms with Gasteiger partial charge in [-0.3, -0.25) is 9.59 Å². The van der Waals surface area contributed by atoms with Gasteiger partial charge in [0.05, 0.1) is 18.7 Å². The quantitative estimate of drug-likeness (QED) is 0.745. The van der Waals surface area contributed by atoms with Crippen LogP contribution in [0.25, 0.3) is 11.1 Å². The molecule has 3 aliphatic rings. The fourth-order valence-corrected chi connectivity index (χ4v) is 5.99. The Morgan fingerprint density at radius 2 is 1.82 bits per heavy atom. The van der Waals surface area contributed by atoms with Crippen LogP contribution in [0.5, 0.6) is 0 Å². The molecule has 33 heavy (non-hydrogen) atoms. The molecule has 0 unspecified atom stereocenters. The fourth-order valence-electron chi connectivity index (χ4n) is 5.99. The van der Waals surface area contributed by atoms with Crippen molar-refractivity contribution in [2.45, 2.75) is 44.2 Å². The smallest absolute Gasteiger partial charge is 0.253 e. The predicted octanol–water partition coefficient (Wildman–Crippen LogP) is 3.92. The summed E-state index contributed by atoms with van der Waals surface area (Å²) in [5.74, 6) is 0.608. The first kappa shape index (κ1) is 22.0. The largest absolute Gasteiger partial charge is 0.394 e. The highest BCUT2D eigenvalue weighted by Crippen LogP contribution is 2.48. The van der Waals surface area contributed by atoms with Gasteiger partial charge in [-0.05, 0) is 60.2 Å². The minimum atomic E-state index is -0.0456. The van der Waals surface area contributed by atoms with Crippen LogP contribution in [-0.4, -0.2) is 60.0 Å². The number of fused-ring (bicyclic) bond motifs is 3. The van der Waals surface area contributed by atoms with Crippen LogP contribution in [0.1, 0.15) is 54.1 Å². The Balaban J connectivity index is 1.53. The molecular weight excluding hydrogens is 414 g/mol. The van der Waals surface area contributed by atoms with E-state index in [-0.39, 0.29) is 42.3 Å². The Morgan fingerprint density at radius 3 is 2.55 bits per heavy atom. The average Bonchev–Trinajstić information content (AvgIpc) is 3.53. The molecule has 1 saturated heterocycles. The van der Waals surface area contributed by atoms with Crippen LogP contribution in [0.2, 0.25) is 0 Å². The summed E-state index contributed by atoms with van der Waals surface area (Å²) in [4.78, 5) is 29.6. The third-order valence-electron chi connectivity index (χ3n) is 7.71. The number of nitrogens with zero attached hydrogens (tertiary/aromatic N) is 2. The van der Waals surface area contributed by atoms with Gasteiger partial charge in [-0.2, -0.15) is 0 Å². The Morgan fingerprint density at radius 1 is 1.06 bits per heavy atom. The number of carbonyl (C=O) groups excluding carboxylic acids is 2. The lowest BCUT2D eigenvalue weighted by Gasteiger charge is -2.40.